The van der Waals surface area contributed by atoms with E-state index in [9.17, 15) is 14.4 Å². The second-order valence-corrected chi connectivity index (χ2v) is 8.43. The number of unbranched alkanes of at least 4 members (excludes halogenated alkanes) is 6. The Balaban J connectivity index is 1.44. The Morgan fingerprint density at radius 1 is 1.09 bits per heavy atom. The molecular formula is C23H37N7O4. The summed E-state index contributed by atoms with van der Waals surface area (Å²) < 4.78 is 8.05. The fraction of sp³-hybridized carbons (Fsp3) is 0.652. The molecule has 2 aromatic heterocycles. The molecule has 0 spiro atoms. The number of nitrogens with two attached hydrogens (primary N) is 1. The van der Waals surface area contributed by atoms with Gasteiger partial charge in [-0.05, 0) is 45.4 Å². The van der Waals surface area contributed by atoms with Crippen LogP contribution in [0.25, 0.3) is 0 Å². The topological polar surface area (TPSA) is 147 Å². The molecule has 0 aromatic carbocycles. The monoisotopic (exact) mass is 475 g/mol. The number of carbonyl (C=O) groups is 3. The van der Waals surface area contributed by atoms with Crippen LogP contribution < -0.4 is 11.1 Å². The average molecular weight is 476 g/mol. The summed E-state index contributed by atoms with van der Waals surface area (Å²) in [7, 11) is 0. The quantitative estimate of drug-likeness (QED) is 0.331. The van der Waals surface area contributed by atoms with E-state index in [4.69, 9.17) is 10.5 Å². The molecule has 0 fully saturated rings. The molecule has 0 saturated carbocycles. The smallest absolute Gasteiger partial charge is 0.419 e. The molecule has 0 saturated heterocycles. The zero-order chi connectivity index (χ0) is 24.6. The number of nitrogens with one attached hydrogen (secondary N) is 1. The van der Waals surface area contributed by atoms with Gasteiger partial charge in [0.1, 0.15) is 18.7 Å². The minimum absolute atomic E-state index is 0.00635. The van der Waals surface area contributed by atoms with E-state index in [0.717, 1.165) is 63.5 Å². The first-order chi connectivity index (χ1) is 16.5. The molecule has 1 unspecified atom stereocenters. The molecule has 0 aliphatic rings. The highest BCUT2D eigenvalue weighted by Gasteiger charge is 2.09. The number of hydrogen-bond acceptors (Lipinski definition) is 8. The molecule has 0 radical (unpaired) electrons. The fourth-order valence-electron chi connectivity index (χ4n) is 3.37. The van der Waals surface area contributed by atoms with Crippen LogP contribution in [0.15, 0.2) is 24.9 Å². The van der Waals surface area contributed by atoms with Crippen molar-refractivity contribution in [2.75, 3.05) is 13.2 Å². The lowest BCUT2D eigenvalue weighted by Crippen LogP contribution is -2.30. The van der Waals surface area contributed by atoms with Gasteiger partial charge in [0, 0.05) is 25.1 Å². The maximum absolute atomic E-state index is 12.0. The number of nitrogens with zero attached hydrogens (tertiary/aromatic N) is 5. The average Bonchev–Trinajstić information content (AvgIpc) is 3.50. The van der Waals surface area contributed by atoms with Crippen LogP contribution in [0.5, 0.6) is 0 Å². The number of ketones is 1. The Labute approximate surface area is 200 Å². The number of carbonyl (C=O) groups excluding carboxylic acids is 3. The minimum Gasteiger partial charge on any atom is -0.449 e. The van der Waals surface area contributed by atoms with Crippen LogP contribution >= 0.6 is 0 Å². The molecule has 0 aliphatic heterocycles. The van der Waals surface area contributed by atoms with Crippen LogP contribution in [-0.4, -0.2) is 61.5 Å². The van der Waals surface area contributed by atoms with Crippen LogP contribution in [0.3, 0.4) is 0 Å². The maximum Gasteiger partial charge on any atom is 0.419 e. The molecule has 34 heavy (non-hydrogen) atoms. The Morgan fingerprint density at radius 2 is 1.85 bits per heavy atom. The lowest BCUT2D eigenvalue weighted by atomic mass is 10.1. The highest BCUT2D eigenvalue weighted by molar-refractivity contribution is 5.81. The Morgan fingerprint density at radius 3 is 2.59 bits per heavy atom. The predicted molar refractivity (Wildman–Crippen MR) is 126 cm³/mol. The highest BCUT2D eigenvalue weighted by atomic mass is 16.5. The van der Waals surface area contributed by atoms with Gasteiger partial charge in [-0.25, -0.2) is 19.0 Å². The molecule has 11 heteroatoms. The van der Waals surface area contributed by atoms with Gasteiger partial charge in [0.25, 0.3) is 0 Å². The Hall–Kier alpha value is -3.08. The van der Waals surface area contributed by atoms with Crippen molar-refractivity contribution >= 4 is 17.8 Å². The molecule has 1 amide bonds. The summed E-state index contributed by atoms with van der Waals surface area (Å²) in [6.07, 6.45) is 15.2. The summed E-state index contributed by atoms with van der Waals surface area (Å²) in [5, 5.41) is 11.0. The van der Waals surface area contributed by atoms with Crippen molar-refractivity contribution in [2.45, 2.75) is 83.7 Å². The van der Waals surface area contributed by atoms with Crippen molar-refractivity contribution in [3.05, 3.63) is 30.6 Å². The molecular weight excluding hydrogens is 438 g/mol. The van der Waals surface area contributed by atoms with E-state index in [2.05, 4.69) is 20.6 Å². The van der Waals surface area contributed by atoms with E-state index in [1.54, 1.807) is 17.1 Å². The van der Waals surface area contributed by atoms with Gasteiger partial charge in [0.2, 0.25) is 5.91 Å². The largest absolute Gasteiger partial charge is 0.449 e. The normalized spacial score (nSPS) is 11.8. The van der Waals surface area contributed by atoms with Gasteiger partial charge in [0.15, 0.2) is 0 Å². The zero-order valence-corrected chi connectivity index (χ0v) is 20.0. The number of aromatic nitrogens is 5. The number of imidazole rings is 1. The third-order valence-electron chi connectivity index (χ3n) is 5.45. The van der Waals surface area contributed by atoms with Crippen molar-refractivity contribution < 1.29 is 19.1 Å². The summed E-state index contributed by atoms with van der Waals surface area (Å²) in [5.41, 5.74) is 6.58. The van der Waals surface area contributed by atoms with E-state index in [0.29, 0.717) is 19.6 Å². The molecule has 2 aromatic rings. The van der Waals surface area contributed by atoms with Crippen molar-refractivity contribution in [1.29, 1.82) is 0 Å². The third-order valence-corrected chi connectivity index (χ3v) is 5.45. The fourth-order valence-corrected chi connectivity index (χ4v) is 3.37. The second kappa shape index (κ2) is 15.7. The number of aryl methyl sites for hydroxylation is 1. The lowest BCUT2D eigenvalue weighted by molar-refractivity contribution is -0.122. The summed E-state index contributed by atoms with van der Waals surface area (Å²) in [5.74, 6) is -0.115. The summed E-state index contributed by atoms with van der Waals surface area (Å²) in [6.45, 7) is 2.61. The first-order valence-corrected chi connectivity index (χ1v) is 12.0. The van der Waals surface area contributed by atoms with Crippen LogP contribution in [0.1, 0.15) is 70.4 Å². The van der Waals surface area contributed by atoms with E-state index in [1.165, 1.54) is 17.8 Å². The molecule has 0 aliphatic carbocycles. The van der Waals surface area contributed by atoms with Crippen molar-refractivity contribution in [2.24, 2.45) is 5.73 Å². The maximum atomic E-state index is 12.0. The van der Waals surface area contributed by atoms with Crippen molar-refractivity contribution in [1.82, 2.24) is 29.9 Å². The number of hydrogen-bond donors (Lipinski definition) is 2. The standard InChI is InChI=1S/C23H37N7O4/c1-19(31)21(24)11-7-8-12-26-22(32)17-30-16-20(27-28-30)10-6-4-2-3-5-9-15-34-23(33)29-14-13-25-18-29/h13-14,16,18,21H,2-12,15,17,24H2,1H3,(H,26,32). The summed E-state index contributed by atoms with van der Waals surface area (Å²) in [6, 6.07) is -0.408. The third kappa shape index (κ3) is 11.2. The van der Waals surface area contributed by atoms with Crippen LogP contribution in [0.4, 0.5) is 4.79 Å². The number of Topliss-reactive ketones (excluding diaryl/α,β-unsaturated/α-hetero) is 1. The van der Waals surface area contributed by atoms with Gasteiger partial charge in [-0.3, -0.25) is 9.59 Å². The number of ether oxygens (including phenoxy) is 1. The summed E-state index contributed by atoms with van der Waals surface area (Å²) >= 11 is 0. The molecule has 2 rings (SSSR count). The van der Waals surface area contributed by atoms with Crippen LogP contribution in [0, 0.1) is 0 Å². The summed E-state index contributed by atoms with van der Waals surface area (Å²) in [4.78, 5) is 38.6. The predicted octanol–water partition coefficient (Wildman–Crippen LogP) is 2.25. The van der Waals surface area contributed by atoms with Gasteiger partial charge in [-0.1, -0.05) is 30.9 Å². The molecule has 1 atom stereocenters. The van der Waals surface area contributed by atoms with E-state index in [-0.39, 0.29) is 18.2 Å². The van der Waals surface area contributed by atoms with E-state index < -0.39 is 12.1 Å². The number of amides is 1. The van der Waals surface area contributed by atoms with Gasteiger partial charge < -0.3 is 15.8 Å². The van der Waals surface area contributed by atoms with Gasteiger partial charge in [0.05, 0.1) is 18.3 Å². The van der Waals surface area contributed by atoms with Gasteiger partial charge >= 0.3 is 6.09 Å². The van der Waals surface area contributed by atoms with E-state index in [1.807, 2.05) is 6.20 Å². The molecule has 0 bridgehead atoms. The van der Waals surface area contributed by atoms with E-state index >= 15 is 0 Å². The number of rotatable bonds is 17. The van der Waals surface area contributed by atoms with Crippen molar-refractivity contribution in [3.63, 3.8) is 0 Å². The zero-order valence-electron chi connectivity index (χ0n) is 20.0. The Kier molecular flexibility index (Phi) is 12.5. The first kappa shape index (κ1) is 27.2. The Bertz CT molecular complexity index is 867. The molecule has 2 heterocycles. The second-order valence-electron chi connectivity index (χ2n) is 8.43. The molecule has 11 nitrogen and oxygen atoms in total. The molecule has 188 valence electrons. The SMILES string of the molecule is CC(=O)C(N)CCCCNC(=O)Cn1cc(CCCCCCCCOC(=O)n2ccnc2)nn1. The molecule has 3 N–H and O–H groups in total. The minimum atomic E-state index is -0.408. The van der Waals surface area contributed by atoms with Crippen molar-refractivity contribution in [3.8, 4) is 0 Å². The van der Waals surface area contributed by atoms with Crippen LogP contribution in [-0.2, 0) is 27.3 Å². The lowest BCUT2D eigenvalue weighted by Gasteiger charge is -2.08. The highest BCUT2D eigenvalue weighted by Crippen LogP contribution is 2.09. The first-order valence-electron chi connectivity index (χ1n) is 12.0. The van der Waals surface area contributed by atoms with Gasteiger partial charge in [-0.2, -0.15) is 0 Å². The van der Waals surface area contributed by atoms with Gasteiger partial charge in [-0.15, -0.1) is 5.10 Å². The van der Waals surface area contributed by atoms with Crippen LogP contribution in [0.2, 0.25) is 0 Å².